The molecule has 0 amide bonds. The molecule has 2 rings (SSSR count). The lowest BCUT2D eigenvalue weighted by atomic mass is 9.77. The molecule has 106 valence electrons. The molecule has 19 heavy (non-hydrogen) atoms. The van der Waals surface area contributed by atoms with Crippen LogP contribution in [-0.2, 0) is 6.16 Å². The van der Waals surface area contributed by atoms with Gasteiger partial charge in [-0.2, -0.15) is 0 Å². The van der Waals surface area contributed by atoms with E-state index in [1.165, 1.54) is 56.9 Å². The Labute approximate surface area is 121 Å². The van der Waals surface area contributed by atoms with Crippen molar-refractivity contribution in [1.29, 1.82) is 0 Å². The second kappa shape index (κ2) is 8.05. The molecule has 1 saturated carbocycles. The third kappa shape index (κ3) is 4.60. The fraction of sp³-hybridized carbons (Fsp3) is 0.667. The molecule has 1 aromatic carbocycles. The first-order valence-corrected chi connectivity index (χ1v) is 8.94. The zero-order valence-electron chi connectivity index (χ0n) is 12.4. The van der Waals surface area contributed by atoms with Crippen LogP contribution in [0.2, 0.25) is 0 Å². The highest BCUT2D eigenvalue weighted by molar-refractivity contribution is 7.15. The van der Waals surface area contributed by atoms with Crippen LogP contribution in [0.3, 0.4) is 0 Å². The van der Waals surface area contributed by atoms with Crippen LogP contribution < -0.4 is 0 Å². The Kier molecular flexibility index (Phi) is 6.38. The SMILES string of the molecule is CCCCCC1CCC(c2ccc(CP)cc2)CC1. The summed E-state index contributed by atoms with van der Waals surface area (Å²) in [6, 6.07) is 9.33. The zero-order chi connectivity index (χ0) is 13.5. The van der Waals surface area contributed by atoms with Gasteiger partial charge in [-0.25, -0.2) is 0 Å². The molecule has 1 heteroatoms. The van der Waals surface area contributed by atoms with E-state index in [-0.39, 0.29) is 0 Å². The topological polar surface area (TPSA) is 0 Å². The quantitative estimate of drug-likeness (QED) is 0.447. The van der Waals surface area contributed by atoms with Crippen molar-refractivity contribution in [3.8, 4) is 0 Å². The van der Waals surface area contributed by atoms with Gasteiger partial charge in [-0.3, -0.25) is 0 Å². The van der Waals surface area contributed by atoms with Crippen LogP contribution >= 0.6 is 9.24 Å². The monoisotopic (exact) mass is 276 g/mol. The molecule has 1 aromatic rings. The van der Waals surface area contributed by atoms with E-state index in [4.69, 9.17) is 0 Å². The van der Waals surface area contributed by atoms with Crippen molar-refractivity contribution in [3.05, 3.63) is 35.4 Å². The largest absolute Gasteiger partial charge is 0.133 e. The van der Waals surface area contributed by atoms with Gasteiger partial charge in [0, 0.05) is 0 Å². The lowest BCUT2D eigenvalue weighted by Gasteiger charge is -2.29. The first-order chi connectivity index (χ1) is 9.33. The molecule has 1 unspecified atom stereocenters. The standard InChI is InChI=1S/C18H29P/c1-2-3-4-5-15-6-10-17(11-7-15)18-12-8-16(14-19)9-13-18/h8-9,12-13,15,17H,2-7,10-11,14,19H2,1H3. The van der Waals surface area contributed by atoms with Gasteiger partial charge in [0.05, 0.1) is 0 Å². The minimum absolute atomic E-state index is 0.834. The van der Waals surface area contributed by atoms with Crippen LogP contribution in [-0.4, -0.2) is 0 Å². The lowest BCUT2D eigenvalue weighted by molar-refractivity contribution is 0.303. The Morgan fingerprint density at radius 3 is 2.26 bits per heavy atom. The Morgan fingerprint density at radius 2 is 1.68 bits per heavy atom. The molecule has 0 saturated heterocycles. The van der Waals surface area contributed by atoms with E-state index in [0.29, 0.717) is 0 Å². The van der Waals surface area contributed by atoms with Crippen molar-refractivity contribution >= 4 is 9.24 Å². The molecule has 0 heterocycles. The number of hydrogen-bond acceptors (Lipinski definition) is 0. The summed E-state index contributed by atoms with van der Waals surface area (Å²) < 4.78 is 0. The summed E-state index contributed by atoms with van der Waals surface area (Å²) in [7, 11) is 2.80. The summed E-state index contributed by atoms with van der Waals surface area (Å²) in [6.45, 7) is 2.30. The van der Waals surface area contributed by atoms with Gasteiger partial charge in [0.1, 0.15) is 0 Å². The van der Waals surface area contributed by atoms with E-state index in [1.54, 1.807) is 5.56 Å². The molecule has 0 nitrogen and oxygen atoms in total. The summed E-state index contributed by atoms with van der Waals surface area (Å²) >= 11 is 0. The van der Waals surface area contributed by atoms with Crippen LogP contribution in [0.4, 0.5) is 0 Å². The van der Waals surface area contributed by atoms with E-state index in [2.05, 4.69) is 40.4 Å². The average molecular weight is 276 g/mol. The fourth-order valence-corrected chi connectivity index (χ4v) is 3.67. The molecule has 1 fully saturated rings. The van der Waals surface area contributed by atoms with Gasteiger partial charge in [0.25, 0.3) is 0 Å². The predicted molar refractivity (Wildman–Crippen MR) is 88.7 cm³/mol. The molecule has 1 aliphatic carbocycles. The minimum atomic E-state index is 0.834. The number of unbranched alkanes of at least 4 members (excludes halogenated alkanes) is 2. The maximum Gasteiger partial charge on any atom is -0.0128 e. The molecule has 0 bridgehead atoms. The van der Waals surface area contributed by atoms with Crippen molar-refractivity contribution in [2.75, 3.05) is 0 Å². The van der Waals surface area contributed by atoms with Gasteiger partial charge >= 0.3 is 0 Å². The Balaban J connectivity index is 1.78. The number of rotatable bonds is 6. The highest BCUT2D eigenvalue weighted by atomic mass is 31.0. The molecule has 1 aliphatic rings. The smallest absolute Gasteiger partial charge is 0.0128 e. The average Bonchev–Trinajstić information content (AvgIpc) is 2.48. The Bertz CT molecular complexity index is 346. The molecule has 0 aromatic heterocycles. The van der Waals surface area contributed by atoms with E-state index in [1.807, 2.05) is 0 Å². The van der Waals surface area contributed by atoms with Gasteiger partial charge < -0.3 is 0 Å². The lowest BCUT2D eigenvalue weighted by Crippen LogP contribution is -2.13. The molecular weight excluding hydrogens is 247 g/mol. The van der Waals surface area contributed by atoms with Crippen molar-refractivity contribution < 1.29 is 0 Å². The highest BCUT2D eigenvalue weighted by Crippen LogP contribution is 2.37. The third-order valence-electron chi connectivity index (χ3n) is 4.75. The maximum absolute atomic E-state index is 2.80. The van der Waals surface area contributed by atoms with Crippen molar-refractivity contribution in [1.82, 2.24) is 0 Å². The fourth-order valence-electron chi connectivity index (χ4n) is 3.39. The summed E-state index contributed by atoms with van der Waals surface area (Å²) in [6.07, 6.45) is 12.5. The van der Waals surface area contributed by atoms with E-state index < -0.39 is 0 Å². The maximum atomic E-state index is 2.80. The molecule has 0 N–H and O–H groups in total. The summed E-state index contributed by atoms with van der Waals surface area (Å²) in [5.74, 6) is 1.86. The highest BCUT2D eigenvalue weighted by Gasteiger charge is 2.21. The molecule has 0 radical (unpaired) electrons. The second-order valence-electron chi connectivity index (χ2n) is 6.16. The van der Waals surface area contributed by atoms with Gasteiger partial charge in [-0.05, 0) is 54.8 Å². The molecule has 0 aliphatic heterocycles. The summed E-state index contributed by atoms with van der Waals surface area (Å²) in [5.41, 5.74) is 3.01. The first kappa shape index (κ1) is 15.0. The first-order valence-electron chi connectivity index (χ1n) is 8.12. The van der Waals surface area contributed by atoms with Crippen molar-refractivity contribution in [2.24, 2.45) is 5.92 Å². The van der Waals surface area contributed by atoms with Gasteiger partial charge in [-0.15, -0.1) is 9.24 Å². The van der Waals surface area contributed by atoms with Gasteiger partial charge in [0.2, 0.25) is 0 Å². The minimum Gasteiger partial charge on any atom is -0.133 e. The van der Waals surface area contributed by atoms with Crippen LogP contribution in [0.5, 0.6) is 0 Å². The van der Waals surface area contributed by atoms with Crippen LogP contribution in [0.1, 0.15) is 75.3 Å². The summed E-state index contributed by atoms with van der Waals surface area (Å²) in [4.78, 5) is 0. The number of benzene rings is 1. The summed E-state index contributed by atoms with van der Waals surface area (Å²) in [5, 5.41) is 0. The van der Waals surface area contributed by atoms with Crippen molar-refractivity contribution in [2.45, 2.75) is 70.4 Å². The van der Waals surface area contributed by atoms with Crippen LogP contribution in [0, 0.1) is 5.92 Å². The third-order valence-corrected chi connectivity index (χ3v) is 5.22. The number of hydrogen-bond donors (Lipinski definition) is 0. The molecule has 1 atom stereocenters. The van der Waals surface area contributed by atoms with Gasteiger partial charge in [0.15, 0.2) is 0 Å². The normalized spacial score (nSPS) is 23.5. The van der Waals surface area contributed by atoms with Crippen LogP contribution in [0.25, 0.3) is 0 Å². The second-order valence-corrected chi connectivity index (χ2v) is 6.57. The van der Waals surface area contributed by atoms with E-state index in [9.17, 15) is 0 Å². The van der Waals surface area contributed by atoms with Crippen molar-refractivity contribution in [3.63, 3.8) is 0 Å². The van der Waals surface area contributed by atoms with E-state index in [0.717, 1.165) is 18.0 Å². The van der Waals surface area contributed by atoms with E-state index >= 15 is 0 Å². The predicted octanol–water partition coefficient (Wildman–Crippen LogP) is 5.92. The van der Waals surface area contributed by atoms with Gasteiger partial charge in [-0.1, -0.05) is 56.9 Å². The van der Waals surface area contributed by atoms with Crippen LogP contribution in [0.15, 0.2) is 24.3 Å². The molecular formula is C18H29P. The molecule has 0 spiro atoms. The zero-order valence-corrected chi connectivity index (χ0v) is 13.6. The Hall–Kier alpha value is -0.350. The Morgan fingerprint density at radius 1 is 1.00 bits per heavy atom.